The van der Waals surface area contributed by atoms with E-state index in [9.17, 15) is 0 Å². The summed E-state index contributed by atoms with van der Waals surface area (Å²) in [6.07, 6.45) is 0. The number of fused-ring (bicyclic) bond motifs is 4. The first-order chi connectivity index (χ1) is 18.4. The van der Waals surface area contributed by atoms with E-state index in [4.69, 9.17) is 0 Å². The van der Waals surface area contributed by atoms with Crippen LogP contribution in [0.15, 0.2) is 97.1 Å². The summed E-state index contributed by atoms with van der Waals surface area (Å²) in [6.45, 7) is 10.0. The Bertz CT molecular complexity index is 2020. The maximum absolute atomic E-state index is 2.60. The molecule has 0 spiro atoms. The van der Waals surface area contributed by atoms with E-state index in [0.717, 1.165) is 0 Å². The SMILES string of the molecule is CC1(C)c2cccc3c2B2c4c1cccc4C(C)(C)c1c(-c4ccccc4)cc4c5ccccc5n-3c4c12. The molecule has 0 atom stereocenters. The lowest BCUT2D eigenvalue weighted by molar-refractivity contribution is 0.622. The van der Waals surface area contributed by atoms with Crippen molar-refractivity contribution in [2.45, 2.75) is 38.5 Å². The Morgan fingerprint density at radius 3 is 2.03 bits per heavy atom. The van der Waals surface area contributed by atoms with Crippen LogP contribution in [0.1, 0.15) is 49.9 Å². The number of hydrogen-bond donors (Lipinski definition) is 0. The van der Waals surface area contributed by atoms with Crippen molar-refractivity contribution in [3.05, 3.63) is 119 Å². The second kappa shape index (κ2) is 6.50. The molecule has 0 radical (unpaired) electrons. The van der Waals surface area contributed by atoms with Gasteiger partial charge in [-0.1, -0.05) is 112 Å². The Kier molecular flexibility index (Phi) is 3.59. The van der Waals surface area contributed by atoms with Crippen LogP contribution in [0, 0.1) is 0 Å². The second-order valence-electron chi connectivity index (χ2n) is 12.5. The summed E-state index contributed by atoms with van der Waals surface area (Å²) >= 11 is 0. The van der Waals surface area contributed by atoms with Crippen LogP contribution in [0.3, 0.4) is 0 Å². The van der Waals surface area contributed by atoms with Crippen LogP contribution in [0.5, 0.6) is 0 Å². The second-order valence-corrected chi connectivity index (χ2v) is 12.5. The van der Waals surface area contributed by atoms with Crippen molar-refractivity contribution in [2.24, 2.45) is 0 Å². The molecule has 180 valence electrons. The highest BCUT2D eigenvalue weighted by molar-refractivity contribution is 7.00. The summed E-state index contributed by atoms with van der Waals surface area (Å²) in [5.41, 5.74) is 17.1. The van der Waals surface area contributed by atoms with Gasteiger partial charge in [-0.05, 0) is 62.5 Å². The van der Waals surface area contributed by atoms with Crippen molar-refractivity contribution in [1.29, 1.82) is 0 Å². The van der Waals surface area contributed by atoms with Crippen molar-refractivity contribution in [3.63, 3.8) is 0 Å². The van der Waals surface area contributed by atoms with E-state index in [2.05, 4.69) is 129 Å². The average molecular weight is 485 g/mol. The molecule has 1 aromatic heterocycles. The third-order valence-corrected chi connectivity index (χ3v) is 10.0. The quantitative estimate of drug-likeness (QED) is 0.232. The number of hydrogen-bond acceptors (Lipinski definition) is 0. The number of rotatable bonds is 1. The molecule has 0 unspecified atom stereocenters. The van der Waals surface area contributed by atoms with E-state index in [1.165, 1.54) is 71.8 Å². The standard InChI is InChI=1S/C36H28BN/c1-35(2)25-15-10-16-26-31(25)37-32-27(35)17-11-19-29(32)38-28-18-9-8-14-22(28)24-20-23(21-12-6-5-7-13-21)30(36(26,3)4)33(37)34(24)38/h5-20H,1-4H3. The minimum absolute atomic E-state index is 0.0581. The highest BCUT2D eigenvalue weighted by Crippen LogP contribution is 2.48. The minimum Gasteiger partial charge on any atom is -0.310 e. The molecular weight excluding hydrogens is 457 g/mol. The Hall–Kier alpha value is -4.04. The maximum Gasteiger partial charge on any atom is 0.248 e. The Morgan fingerprint density at radius 2 is 1.24 bits per heavy atom. The van der Waals surface area contributed by atoms with Crippen molar-refractivity contribution in [3.8, 4) is 16.8 Å². The zero-order chi connectivity index (χ0) is 25.6. The molecular formula is C36H28BN. The fourth-order valence-corrected chi connectivity index (χ4v) is 8.48. The zero-order valence-electron chi connectivity index (χ0n) is 22.3. The van der Waals surface area contributed by atoms with Gasteiger partial charge in [-0.15, -0.1) is 0 Å². The molecule has 1 nitrogen and oxygen atoms in total. The summed E-state index contributed by atoms with van der Waals surface area (Å²) in [5, 5.41) is 2.71. The Labute approximate surface area is 223 Å². The molecule has 0 bridgehead atoms. The molecule has 0 fully saturated rings. The lowest BCUT2D eigenvalue weighted by atomic mass is 9.26. The molecule has 0 N–H and O–H groups in total. The highest BCUT2D eigenvalue weighted by Gasteiger charge is 2.52. The average Bonchev–Trinajstić information content (AvgIpc) is 3.27. The van der Waals surface area contributed by atoms with Gasteiger partial charge in [-0.2, -0.15) is 0 Å². The third-order valence-electron chi connectivity index (χ3n) is 10.0. The van der Waals surface area contributed by atoms with Crippen LogP contribution >= 0.6 is 0 Å². The lowest BCUT2D eigenvalue weighted by Crippen LogP contribution is -2.68. The van der Waals surface area contributed by atoms with E-state index < -0.39 is 0 Å². The predicted octanol–water partition coefficient (Wildman–Crippen LogP) is 6.56. The predicted molar refractivity (Wildman–Crippen MR) is 162 cm³/mol. The molecule has 5 aromatic carbocycles. The van der Waals surface area contributed by atoms with Crippen molar-refractivity contribution >= 4 is 44.9 Å². The maximum atomic E-state index is 2.60. The molecule has 38 heavy (non-hydrogen) atoms. The van der Waals surface area contributed by atoms with Crippen LogP contribution in [-0.2, 0) is 10.8 Å². The van der Waals surface area contributed by atoms with Crippen molar-refractivity contribution < 1.29 is 0 Å². The molecule has 0 amide bonds. The Morgan fingerprint density at radius 1 is 0.579 bits per heavy atom. The van der Waals surface area contributed by atoms with Gasteiger partial charge in [0.1, 0.15) is 0 Å². The summed E-state index contributed by atoms with van der Waals surface area (Å²) in [5.74, 6) is 0. The molecule has 4 heterocycles. The van der Waals surface area contributed by atoms with Gasteiger partial charge in [-0.3, -0.25) is 0 Å². The minimum atomic E-state index is -0.127. The summed E-state index contributed by atoms with van der Waals surface area (Å²) in [7, 11) is 0. The molecule has 6 aromatic rings. The van der Waals surface area contributed by atoms with Crippen LogP contribution in [0.2, 0.25) is 0 Å². The zero-order valence-corrected chi connectivity index (χ0v) is 22.3. The van der Waals surface area contributed by atoms with Crippen LogP contribution in [0.4, 0.5) is 0 Å². The number of para-hydroxylation sites is 1. The normalized spacial score (nSPS) is 16.8. The first-order valence-electron chi connectivity index (χ1n) is 13.8. The largest absolute Gasteiger partial charge is 0.310 e. The van der Waals surface area contributed by atoms with Gasteiger partial charge in [-0.25, -0.2) is 0 Å². The first kappa shape index (κ1) is 21.0. The van der Waals surface area contributed by atoms with Gasteiger partial charge in [0.15, 0.2) is 0 Å². The molecule has 3 aliphatic rings. The highest BCUT2D eigenvalue weighted by atomic mass is 15.0. The van der Waals surface area contributed by atoms with Crippen molar-refractivity contribution in [1.82, 2.24) is 4.57 Å². The molecule has 0 saturated heterocycles. The van der Waals surface area contributed by atoms with Gasteiger partial charge in [0.25, 0.3) is 0 Å². The third kappa shape index (κ3) is 2.17. The Balaban J connectivity index is 1.61. The number of benzene rings is 5. The fraction of sp³-hybridized carbons (Fsp3) is 0.167. The van der Waals surface area contributed by atoms with Gasteiger partial charge < -0.3 is 4.57 Å². The van der Waals surface area contributed by atoms with Gasteiger partial charge in [0.2, 0.25) is 6.71 Å². The molecule has 3 aliphatic heterocycles. The van der Waals surface area contributed by atoms with E-state index in [1.54, 1.807) is 5.46 Å². The fourth-order valence-electron chi connectivity index (χ4n) is 8.48. The summed E-state index contributed by atoms with van der Waals surface area (Å²) in [6, 6.07) is 36.7. The molecule has 0 aliphatic carbocycles. The smallest absolute Gasteiger partial charge is 0.248 e. The molecule has 9 rings (SSSR count). The van der Waals surface area contributed by atoms with E-state index in [1.807, 2.05) is 0 Å². The molecule has 2 heteroatoms. The summed E-state index contributed by atoms with van der Waals surface area (Å²) in [4.78, 5) is 0. The van der Waals surface area contributed by atoms with Gasteiger partial charge in [0.05, 0.1) is 5.52 Å². The van der Waals surface area contributed by atoms with Crippen LogP contribution in [0.25, 0.3) is 38.6 Å². The number of aromatic nitrogens is 1. The van der Waals surface area contributed by atoms with Crippen LogP contribution in [-0.4, -0.2) is 11.3 Å². The van der Waals surface area contributed by atoms with E-state index in [-0.39, 0.29) is 17.5 Å². The topological polar surface area (TPSA) is 4.93 Å². The first-order valence-corrected chi connectivity index (χ1v) is 13.8. The number of nitrogens with zero attached hydrogens (tertiary/aromatic N) is 1. The van der Waals surface area contributed by atoms with Crippen molar-refractivity contribution in [2.75, 3.05) is 0 Å². The van der Waals surface area contributed by atoms with Crippen LogP contribution < -0.4 is 16.4 Å². The lowest BCUT2D eigenvalue weighted by Gasteiger charge is -2.49. The monoisotopic (exact) mass is 485 g/mol. The van der Waals surface area contributed by atoms with E-state index >= 15 is 0 Å². The van der Waals surface area contributed by atoms with Gasteiger partial charge in [0, 0.05) is 32.8 Å². The van der Waals surface area contributed by atoms with E-state index in [0.29, 0.717) is 0 Å². The molecule has 0 saturated carbocycles. The summed E-state index contributed by atoms with van der Waals surface area (Å²) < 4.78 is 2.60. The van der Waals surface area contributed by atoms with Gasteiger partial charge >= 0.3 is 0 Å².